The van der Waals surface area contributed by atoms with E-state index in [0.717, 1.165) is 11.1 Å². The standard InChI is InChI=1S/C19H14N4O2/c1-12-2-6-14(7-3-12)17-16(11-24)18(23-22-17)21-19(25)15-8-4-13(10-20)5-9-15/h2-9,11H,1H3,(H2,21,22,23,25). The number of nitrogens with one attached hydrogen (secondary N) is 2. The van der Waals surface area contributed by atoms with Crippen LogP contribution in [0.2, 0.25) is 0 Å². The number of anilines is 1. The lowest BCUT2D eigenvalue weighted by Crippen LogP contribution is -2.13. The quantitative estimate of drug-likeness (QED) is 0.717. The molecule has 0 atom stereocenters. The van der Waals surface area contributed by atoms with Gasteiger partial charge in [0.05, 0.1) is 22.9 Å². The molecule has 0 radical (unpaired) electrons. The van der Waals surface area contributed by atoms with E-state index < -0.39 is 5.91 Å². The van der Waals surface area contributed by atoms with Crippen LogP contribution in [0.4, 0.5) is 5.82 Å². The Bertz CT molecular complexity index is 964. The summed E-state index contributed by atoms with van der Waals surface area (Å²) in [6.45, 7) is 1.97. The first kappa shape index (κ1) is 16.1. The van der Waals surface area contributed by atoms with E-state index in [-0.39, 0.29) is 11.4 Å². The van der Waals surface area contributed by atoms with Crippen LogP contribution in [0, 0.1) is 18.3 Å². The van der Waals surface area contributed by atoms with Crippen LogP contribution in [0.5, 0.6) is 0 Å². The Morgan fingerprint density at radius 1 is 1.16 bits per heavy atom. The van der Waals surface area contributed by atoms with Crippen molar-refractivity contribution in [2.75, 3.05) is 5.32 Å². The summed E-state index contributed by atoms with van der Waals surface area (Å²) in [4.78, 5) is 23.8. The molecule has 2 N–H and O–H groups in total. The van der Waals surface area contributed by atoms with Gasteiger partial charge >= 0.3 is 0 Å². The lowest BCUT2D eigenvalue weighted by molar-refractivity contribution is 0.102. The van der Waals surface area contributed by atoms with Gasteiger partial charge in [-0.1, -0.05) is 29.8 Å². The predicted molar refractivity (Wildman–Crippen MR) is 93.3 cm³/mol. The van der Waals surface area contributed by atoms with Gasteiger partial charge in [-0.05, 0) is 31.2 Å². The average molecular weight is 330 g/mol. The van der Waals surface area contributed by atoms with E-state index in [1.807, 2.05) is 37.3 Å². The SMILES string of the molecule is Cc1ccc(-c2[nH]nc(NC(=O)c3ccc(C#N)cc3)c2C=O)cc1. The normalized spacial score (nSPS) is 10.1. The number of aromatic nitrogens is 2. The van der Waals surface area contributed by atoms with E-state index in [9.17, 15) is 9.59 Å². The molecule has 0 aliphatic rings. The van der Waals surface area contributed by atoms with Crippen molar-refractivity contribution in [3.05, 3.63) is 70.8 Å². The summed E-state index contributed by atoms with van der Waals surface area (Å²) in [5.74, 6) is -0.241. The summed E-state index contributed by atoms with van der Waals surface area (Å²) < 4.78 is 0. The summed E-state index contributed by atoms with van der Waals surface area (Å²) in [5.41, 5.74) is 3.57. The fraction of sp³-hybridized carbons (Fsp3) is 0.0526. The van der Waals surface area contributed by atoms with Gasteiger partial charge in [-0.2, -0.15) is 10.4 Å². The molecule has 0 spiro atoms. The molecular weight excluding hydrogens is 316 g/mol. The van der Waals surface area contributed by atoms with Gasteiger partial charge in [-0.15, -0.1) is 0 Å². The number of nitriles is 1. The molecule has 0 saturated carbocycles. The highest BCUT2D eigenvalue weighted by Gasteiger charge is 2.17. The summed E-state index contributed by atoms with van der Waals surface area (Å²) >= 11 is 0. The number of rotatable bonds is 4. The highest BCUT2D eigenvalue weighted by Crippen LogP contribution is 2.26. The minimum atomic E-state index is -0.408. The molecule has 6 heteroatoms. The minimum Gasteiger partial charge on any atom is -0.304 e. The van der Waals surface area contributed by atoms with Crippen molar-refractivity contribution in [2.24, 2.45) is 0 Å². The molecule has 6 nitrogen and oxygen atoms in total. The van der Waals surface area contributed by atoms with Crippen molar-refractivity contribution in [1.82, 2.24) is 10.2 Å². The molecule has 1 heterocycles. The molecule has 1 aromatic heterocycles. The molecule has 3 aromatic rings. The molecule has 25 heavy (non-hydrogen) atoms. The van der Waals surface area contributed by atoms with E-state index in [0.29, 0.717) is 23.1 Å². The second kappa shape index (κ2) is 6.81. The second-order valence-electron chi connectivity index (χ2n) is 5.49. The van der Waals surface area contributed by atoms with Crippen LogP contribution in [0.1, 0.15) is 31.8 Å². The fourth-order valence-electron chi connectivity index (χ4n) is 2.38. The van der Waals surface area contributed by atoms with Crippen LogP contribution >= 0.6 is 0 Å². The monoisotopic (exact) mass is 330 g/mol. The molecule has 0 bridgehead atoms. The fourth-order valence-corrected chi connectivity index (χ4v) is 2.38. The van der Waals surface area contributed by atoms with Gasteiger partial charge in [0.25, 0.3) is 5.91 Å². The molecule has 1 amide bonds. The van der Waals surface area contributed by atoms with Gasteiger partial charge in [0.2, 0.25) is 0 Å². The Balaban J connectivity index is 1.87. The first-order chi connectivity index (χ1) is 12.1. The second-order valence-corrected chi connectivity index (χ2v) is 5.49. The Morgan fingerprint density at radius 2 is 1.84 bits per heavy atom. The Hall–Kier alpha value is -3.72. The van der Waals surface area contributed by atoms with Crippen LogP contribution < -0.4 is 5.32 Å². The highest BCUT2D eigenvalue weighted by molar-refractivity contribution is 6.06. The number of aryl methyl sites for hydroxylation is 1. The zero-order valence-corrected chi connectivity index (χ0v) is 13.4. The molecule has 0 unspecified atom stereocenters. The largest absolute Gasteiger partial charge is 0.304 e. The molecule has 0 aliphatic carbocycles. The van der Waals surface area contributed by atoms with Crippen molar-refractivity contribution in [3.63, 3.8) is 0 Å². The van der Waals surface area contributed by atoms with Crippen molar-refractivity contribution in [3.8, 4) is 17.3 Å². The smallest absolute Gasteiger partial charge is 0.256 e. The van der Waals surface area contributed by atoms with Gasteiger partial charge in [0.1, 0.15) is 0 Å². The number of amides is 1. The third-order valence-electron chi connectivity index (χ3n) is 3.77. The van der Waals surface area contributed by atoms with E-state index in [1.54, 1.807) is 24.3 Å². The van der Waals surface area contributed by atoms with Gasteiger partial charge < -0.3 is 5.32 Å². The van der Waals surface area contributed by atoms with Crippen LogP contribution in [-0.2, 0) is 0 Å². The maximum absolute atomic E-state index is 12.3. The third kappa shape index (κ3) is 3.31. The minimum absolute atomic E-state index is 0.167. The Morgan fingerprint density at radius 3 is 2.44 bits per heavy atom. The molecule has 0 aliphatic heterocycles. The van der Waals surface area contributed by atoms with Crippen molar-refractivity contribution in [2.45, 2.75) is 6.92 Å². The number of benzene rings is 2. The third-order valence-corrected chi connectivity index (χ3v) is 3.77. The first-order valence-corrected chi connectivity index (χ1v) is 7.54. The molecule has 3 rings (SSSR count). The molecule has 0 fully saturated rings. The van der Waals surface area contributed by atoms with Crippen LogP contribution in [0.25, 0.3) is 11.3 Å². The number of aldehydes is 1. The van der Waals surface area contributed by atoms with Gasteiger partial charge in [-0.3, -0.25) is 14.7 Å². The van der Waals surface area contributed by atoms with E-state index in [2.05, 4.69) is 15.5 Å². The van der Waals surface area contributed by atoms with Crippen LogP contribution in [-0.4, -0.2) is 22.4 Å². The van der Waals surface area contributed by atoms with Crippen LogP contribution in [0.3, 0.4) is 0 Å². The van der Waals surface area contributed by atoms with Gasteiger partial charge in [0.15, 0.2) is 12.1 Å². The van der Waals surface area contributed by atoms with Crippen LogP contribution in [0.15, 0.2) is 48.5 Å². The number of hydrogen-bond acceptors (Lipinski definition) is 4. The number of aromatic amines is 1. The maximum Gasteiger partial charge on any atom is 0.256 e. The number of carbonyl (C=O) groups excluding carboxylic acids is 2. The molecule has 2 aromatic carbocycles. The first-order valence-electron chi connectivity index (χ1n) is 7.54. The Kier molecular flexibility index (Phi) is 4.40. The lowest BCUT2D eigenvalue weighted by Gasteiger charge is -2.04. The highest BCUT2D eigenvalue weighted by atomic mass is 16.1. The van der Waals surface area contributed by atoms with Crippen molar-refractivity contribution < 1.29 is 9.59 Å². The van der Waals surface area contributed by atoms with E-state index in [1.165, 1.54) is 0 Å². The summed E-state index contributed by atoms with van der Waals surface area (Å²) in [5, 5.41) is 18.3. The molecule has 122 valence electrons. The Labute approximate surface area is 144 Å². The van der Waals surface area contributed by atoms with Gasteiger partial charge in [0, 0.05) is 11.1 Å². The number of H-pyrrole nitrogens is 1. The van der Waals surface area contributed by atoms with Gasteiger partial charge in [-0.25, -0.2) is 0 Å². The zero-order chi connectivity index (χ0) is 17.8. The molecular formula is C19H14N4O2. The maximum atomic E-state index is 12.3. The summed E-state index contributed by atoms with van der Waals surface area (Å²) in [7, 11) is 0. The topological polar surface area (TPSA) is 98.6 Å². The number of nitrogens with zero attached hydrogens (tertiary/aromatic N) is 2. The van der Waals surface area contributed by atoms with E-state index in [4.69, 9.17) is 5.26 Å². The zero-order valence-electron chi connectivity index (χ0n) is 13.4. The predicted octanol–water partition coefficient (Wildman–Crippen LogP) is 3.32. The summed E-state index contributed by atoms with van der Waals surface area (Å²) in [6, 6.07) is 15.8. The lowest BCUT2D eigenvalue weighted by atomic mass is 10.1. The number of hydrogen-bond donors (Lipinski definition) is 2. The van der Waals surface area contributed by atoms with E-state index >= 15 is 0 Å². The molecule has 0 saturated heterocycles. The van der Waals surface area contributed by atoms with Crippen molar-refractivity contribution >= 4 is 18.0 Å². The summed E-state index contributed by atoms with van der Waals surface area (Å²) in [6.07, 6.45) is 0.660. The number of carbonyl (C=O) groups is 2. The van der Waals surface area contributed by atoms with Crippen molar-refractivity contribution in [1.29, 1.82) is 5.26 Å². The average Bonchev–Trinajstić information content (AvgIpc) is 3.05.